The maximum absolute atomic E-state index is 11.9. The molecule has 0 heterocycles. The van der Waals surface area contributed by atoms with Gasteiger partial charge < -0.3 is 15.2 Å². The first-order valence-corrected chi connectivity index (χ1v) is 7.34. The van der Waals surface area contributed by atoms with Crippen LogP contribution in [0.2, 0.25) is 0 Å². The summed E-state index contributed by atoms with van der Waals surface area (Å²) in [5.74, 6) is 0.0708. The van der Waals surface area contributed by atoms with E-state index in [1.807, 2.05) is 32.0 Å². The number of rotatable bonds is 6. The molecule has 126 valence electrons. The zero-order valence-electron chi connectivity index (χ0n) is 13.4. The van der Waals surface area contributed by atoms with E-state index in [-0.39, 0.29) is 30.2 Å². The first-order valence-electron chi connectivity index (χ1n) is 7.34. The number of hydrogen-bond donors (Lipinski definition) is 2. The number of nitrogens with one attached hydrogen (secondary N) is 1. The Labute approximate surface area is 139 Å². The van der Waals surface area contributed by atoms with Gasteiger partial charge in [0.25, 0.3) is 5.69 Å². The molecule has 0 spiro atoms. The molecule has 2 aromatic rings. The molecule has 0 aliphatic heterocycles. The molecule has 24 heavy (non-hydrogen) atoms. The van der Waals surface area contributed by atoms with Crippen molar-refractivity contribution in [2.75, 3.05) is 11.9 Å². The van der Waals surface area contributed by atoms with Crippen molar-refractivity contribution in [3.05, 3.63) is 57.6 Å². The van der Waals surface area contributed by atoms with Crippen molar-refractivity contribution < 1.29 is 19.6 Å². The van der Waals surface area contributed by atoms with Gasteiger partial charge >= 0.3 is 0 Å². The molecule has 7 nitrogen and oxygen atoms in total. The molecule has 2 aromatic carbocycles. The van der Waals surface area contributed by atoms with Crippen LogP contribution < -0.4 is 10.1 Å². The smallest absolute Gasteiger partial charge is 0.271 e. The van der Waals surface area contributed by atoms with Crippen LogP contribution in [0.3, 0.4) is 0 Å². The summed E-state index contributed by atoms with van der Waals surface area (Å²) in [7, 11) is 0. The summed E-state index contributed by atoms with van der Waals surface area (Å²) in [6.45, 7) is 4.02. The molecule has 0 atom stereocenters. The number of ether oxygens (including phenoxy) is 1. The monoisotopic (exact) mass is 330 g/mol. The molecular formula is C17H18N2O5. The van der Waals surface area contributed by atoms with Gasteiger partial charge in [0.15, 0.2) is 0 Å². The highest BCUT2D eigenvalue weighted by molar-refractivity contribution is 5.92. The van der Waals surface area contributed by atoms with Crippen molar-refractivity contribution in [2.24, 2.45) is 0 Å². The van der Waals surface area contributed by atoms with Gasteiger partial charge in [-0.15, -0.1) is 0 Å². The number of nitrogens with zero attached hydrogens (tertiary/aromatic N) is 1. The van der Waals surface area contributed by atoms with Crippen LogP contribution in [-0.4, -0.2) is 22.5 Å². The van der Waals surface area contributed by atoms with Crippen molar-refractivity contribution in [1.82, 2.24) is 0 Å². The number of aromatic hydroxyl groups is 1. The quantitative estimate of drug-likeness (QED) is 0.480. The fourth-order valence-electron chi connectivity index (χ4n) is 2.07. The number of nitro groups is 1. The number of nitro benzene ring substituents is 1. The number of carbonyl (C=O) groups excluding carboxylic acids is 1. The van der Waals surface area contributed by atoms with E-state index in [1.165, 1.54) is 6.07 Å². The zero-order chi connectivity index (χ0) is 17.7. The Morgan fingerprint density at radius 1 is 1.25 bits per heavy atom. The van der Waals surface area contributed by atoms with Crippen LogP contribution in [0.5, 0.6) is 11.5 Å². The van der Waals surface area contributed by atoms with E-state index >= 15 is 0 Å². The number of non-ortho nitro benzene ring substituents is 1. The van der Waals surface area contributed by atoms with Gasteiger partial charge in [-0.1, -0.05) is 12.1 Å². The second kappa shape index (κ2) is 7.45. The van der Waals surface area contributed by atoms with E-state index in [2.05, 4.69) is 5.32 Å². The summed E-state index contributed by atoms with van der Waals surface area (Å²) in [5, 5.41) is 22.8. The van der Waals surface area contributed by atoms with Crippen LogP contribution in [0.15, 0.2) is 36.4 Å². The Kier molecular flexibility index (Phi) is 5.36. The third kappa shape index (κ3) is 4.45. The van der Waals surface area contributed by atoms with Gasteiger partial charge in [0, 0.05) is 12.1 Å². The highest BCUT2D eigenvalue weighted by atomic mass is 16.6. The number of hydrogen-bond acceptors (Lipinski definition) is 5. The molecule has 0 aliphatic rings. The Hall–Kier alpha value is -3.09. The third-order valence-corrected chi connectivity index (χ3v) is 3.40. The number of amides is 1. The standard InChI is InChI=1S/C17H18N2O5/c1-11-3-4-12(2)16(9-11)24-8-7-17(21)18-14-10-13(19(22)23)5-6-15(14)20/h3-6,9-10,20H,7-8H2,1-2H3,(H,18,21). The number of phenolic OH excluding ortho intramolecular Hbond substituents is 1. The molecule has 0 saturated heterocycles. The van der Waals surface area contributed by atoms with Gasteiger partial charge in [-0.25, -0.2) is 0 Å². The molecule has 2 rings (SSSR count). The average molecular weight is 330 g/mol. The van der Waals surface area contributed by atoms with E-state index in [1.54, 1.807) is 0 Å². The zero-order valence-corrected chi connectivity index (χ0v) is 13.4. The lowest BCUT2D eigenvalue weighted by molar-refractivity contribution is -0.384. The minimum absolute atomic E-state index is 0.000867. The number of carbonyl (C=O) groups is 1. The number of phenols is 1. The first-order chi connectivity index (χ1) is 11.4. The van der Waals surface area contributed by atoms with Crippen molar-refractivity contribution in [3.63, 3.8) is 0 Å². The molecule has 0 bridgehead atoms. The fourth-order valence-corrected chi connectivity index (χ4v) is 2.07. The van der Waals surface area contributed by atoms with Crippen molar-refractivity contribution in [3.8, 4) is 11.5 Å². The predicted molar refractivity (Wildman–Crippen MR) is 89.4 cm³/mol. The summed E-state index contributed by atoms with van der Waals surface area (Å²) in [6, 6.07) is 9.24. The van der Waals surface area contributed by atoms with Crippen LogP contribution in [0.4, 0.5) is 11.4 Å². The summed E-state index contributed by atoms with van der Waals surface area (Å²) < 4.78 is 5.59. The molecule has 1 amide bonds. The molecule has 0 aromatic heterocycles. The van der Waals surface area contributed by atoms with Crippen molar-refractivity contribution >= 4 is 17.3 Å². The molecule has 0 aliphatic carbocycles. The van der Waals surface area contributed by atoms with Crippen LogP contribution >= 0.6 is 0 Å². The highest BCUT2D eigenvalue weighted by Gasteiger charge is 2.13. The van der Waals surface area contributed by atoms with Gasteiger partial charge in [-0.05, 0) is 37.1 Å². The van der Waals surface area contributed by atoms with Crippen molar-refractivity contribution in [2.45, 2.75) is 20.3 Å². The molecule has 0 radical (unpaired) electrons. The Balaban J connectivity index is 1.93. The SMILES string of the molecule is Cc1ccc(C)c(OCCC(=O)Nc2cc([N+](=O)[O-])ccc2O)c1. The van der Waals surface area contributed by atoms with E-state index in [0.717, 1.165) is 23.3 Å². The minimum Gasteiger partial charge on any atom is -0.506 e. The Bertz CT molecular complexity index is 774. The average Bonchev–Trinajstić information content (AvgIpc) is 2.52. The topological polar surface area (TPSA) is 102 Å². The third-order valence-electron chi connectivity index (χ3n) is 3.40. The molecule has 0 fully saturated rings. The van der Waals surface area contributed by atoms with E-state index in [0.29, 0.717) is 5.75 Å². The first kappa shape index (κ1) is 17.3. The van der Waals surface area contributed by atoms with Gasteiger partial charge in [0.2, 0.25) is 5.91 Å². The minimum atomic E-state index is -0.598. The van der Waals surface area contributed by atoms with Gasteiger partial charge in [-0.3, -0.25) is 14.9 Å². The normalized spacial score (nSPS) is 10.2. The van der Waals surface area contributed by atoms with E-state index in [4.69, 9.17) is 4.74 Å². The van der Waals surface area contributed by atoms with Gasteiger partial charge in [-0.2, -0.15) is 0 Å². The molecule has 2 N–H and O–H groups in total. The molecule has 0 saturated carbocycles. The fraction of sp³-hybridized carbons (Fsp3) is 0.235. The van der Waals surface area contributed by atoms with Crippen LogP contribution in [0, 0.1) is 24.0 Å². The van der Waals surface area contributed by atoms with Crippen LogP contribution in [0.1, 0.15) is 17.5 Å². The lowest BCUT2D eigenvalue weighted by Gasteiger charge is -2.10. The largest absolute Gasteiger partial charge is 0.506 e. The molecule has 7 heteroatoms. The predicted octanol–water partition coefficient (Wildman–Crippen LogP) is 3.32. The number of benzene rings is 2. The second-order valence-electron chi connectivity index (χ2n) is 5.37. The van der Waals surface area contributed by atoms with Crippen molar-refractivity contribution in [1.29, 1.82) is 0 Å². The highest BCUT2D eigenvalue weighted by Crippen LogP contribution is 2.28. The van der Waals surface area contributed by atoms with E-state index < -0.39 is 10.8 Å². The summed E-state index contributed by atoms with van der Waals surface area (Å²) >= 11 is 0. The second-order valence-corrected chi connectivity index (χ2v) is 5.37. The summed E-state index contributed by atoms with van der Waals surface area (Å²) in [4.78, 5) is 22.0. The number of aryl methyl sites for hydroxylation is 2. The van der Waals surface area contributed by atoms with Gasteiger partial charge in [0.1, 0.15) is 11.5 Å². The lowest BCUT2D eigenvalue weighted by atomic mass is 10.1. The van der Waals surface area contributed by atoms with E-state index in [9.17, 15) is 20.0 Å². The summed E-state index contributed by atoms with van der Waals surface area (Å²) in [6.07, 6.45) is 0.0511. The van der Waals surface area contributed by atoms with Crippen LogP contribution in [-0.2, 0) is 4.79 Å². The molecular weight excluding hydrogens is 312 g/mol. The Morgan fingerprint density at radius 2 is 2.00 bits per heavy atom. The van der Waals surface area contributed by atoms with Crippen LogP contribution in [0.25, 0.3) is 0 Å². The summed E-state index contributed by atoms with van der Waals surface area (Å²) in [5.41, 5.74) is 1.81. The maximum atomic E-state index is 11.9. The maximum Gasteiger partial charge on any atom is 0.271 e. The Morgan fingerprint density at radius 3 is 2.71 bits per heavy atom. The lowest BCUT2D eigenvalue weighted by Crippen LogP contribution is -2.15. The number of anilines is 1. The molecule has 0 unspecified atom stereocenters. The van der Waals surface area contributed by atoms with Gasteiger partial charge in [0.05, 0.1) is 23.6 Å².